The van der Waals surface area contributed by atoms with E-state index in [0.29, 0.717) is 55.6 Å². The smallest absolute Gasteiger partial charge is 0.264 e. The van der Waals surface area contributed by atoms with Gasteiger partial charge in [0.1, 0.15) is 12.3 Å². The van der Waals surface area contributed by atoms with Crippen molar-refractivity contribution >= 4 is 45.0 Å². The number of para-hydroxylation sites is 1. The maximum atomic E-state index is 13.7. The third-order valence-electron chi connectivity index (χ3n) is 6.10. The zero-order valence-electron chi connectivity index (χ0n) is 21.8. The summed E-state index contributed by atoms with van der Waals surface area (Å²) in [5.74, 6) is -0.225. The molecule has 1 fully saturated rings. The summed E-state index contributed by atoms with van der Waals surface area (Å²) in [6.45, 7) is 3.64. The predicted molar refractivity (Wildman–Crippen MR) is 152 cm³/mol. The van der Waals surface area contributed by atoms with Crippen LogP contribution in [0, 0.1) is 0 Å². The Hall–Kier alpha value is -3.54. The van der Waals surface area contributed by atoms with Crippen molar-refractivity contribution in [3.63, 3.8) is 0 Å². The maximum Gasteiger partial charge on any atom is 0.264 e. The van der Waals surface area contributed by atoms with Crippen molar-refractivity contribution < 1.29 is 27.5 Å². The van der Waals surface area contributed by atoms with E-state index in [-0.39, 0.29) is 10.8 Å². The molecule has 1 saturated heterocycles. The number of carbonyl (C=O) groups excluding carboxylic acids is 2. The Bertz CT molecular complexity index is 1390. The topological polar surface area (TPSA) is 105 Å². The first-order chi connectivity index (χ1) is 18.8. The van der Waals surface area contributed by atoms with Gasteiger partial charge in [0.15, 0.2) is 0 Å². The number of thioether (sulfide) groups is 1. The zero-order valence-corrected chi connectivity index (χ0v) is 23.5. The summed E-state index contributed by atoms with van der Waals surface area (Å²) in [5.41, 5.74) is 0.948. The van der Waals surface area contributed by atoms with E-state index in [1.54, 1.807) is 65.6 Å². The van der Waals surface area contributed by atoms with Crippen molar-refractivity contribution in [3.8, 4) is 5.75 Å². The SMILES string of the molecule is CCOc1ccc(N(CC(=O)Nc2ccccc2C(=O)N2CCOCC2)S(=O)(=O)c2ccc(SC)cc2)cc1. The van der Waals surface area contributed by atoms with Crippen LogP contribution in [0.2, 0.25) is 0 Å². The molecular formula is C28H31N3O6S2. The minimum absolute atomic E-state index is 0.0601. The van der Waals surface area contributed by atoms with Crippen LogP contribution in [-0.2, 0) is 19.6 Å². The van der Waals surface area contributed by atoms with E-state index in [1.807, 2.05) is 13.2 Å². The number of hydrogen-bond donors (Lipinski definition) is 1. The first kappa shape index (κ1) is 28.5. The number of carbonyl (C=O) groups is 2. The quantitative estimate of drug-likeness (QED) is 0.366. The van der Waals surface area contributed by atoms with E-state index in [4.69, 9.17) is 9.47 Å². The lowest BCUT2D eigenvalue weighted by Gasteiger charge is -2.28. The second-order valence-corrected chi connectivity index (χ2v) is 11.4. The first-order valence-electron chi connectivity index (χ1n) is 12.5. The third kappa shape index (κ3) is 6.92. The zero-order chi connectivity index (χ0) is 27.8. The predicted octanol–water partition coefficient (Wildman–Crippen LogP) is 4.11. The molecule has 0 unspecified atom stereocenters. The highest BCUT2D eigenvalue weighted by Crippen LogP contribution is 2.28. The molecule has 0 saturated carbocycles. The molecule has 1 N–H and O–H groups in total. The van der Waals surface area contributed by atoms with Crippen LogP contribution < -0.4 is 14.4 Å². The summed E-state index contributed by atoms with van der Waals surface area (Å²) < 4.78 is 39.4. The second-order valence-electron chi connectivity index (χ2n) is 8.61. The molecule has 9 nitrogen and oxygen atoms in total. The van der Waals surface area contributed by atoms with Crippen molar-refractivity contribution in [3.05, 3.63) is 78.4 Å². The Balaban J connectivity index is 1.61. The van der Waals surface area contributed by atoms with Gasteiger partial charge in [-0.25, -0.2) is 8.42 Å². The fourth-order valence-corrected chi connectivity index (χ4v) is 5.93. The first-order valence-corrected chi connectivity index (χ1v) is 15.2. The van der Waals surface area contributed by atoms with Gasteiger partial charge in [0, 0.05) is 18.0 Å². The molecule has 2 amide bonds. The number of anilines is 2. The molecule has 206 valence electrons. The van der Waals surface area contributed by atoms with Crippen molar-refractivity contribution in [2.75, 3.05) is 55.3 Å². The lowest BCUT2D eigenvalue weighted by Crippen LogP contribution is -2.41. The third-order valence-corrected chi connectivity index (χ3v) is 8.63. The summed E-state index contributed by atoms with van der Waals surface area (Å²) in [5, 5.41) is 2.75. The monoisotopic (exact) mass is 569 g/mol. The van der Waals surface area contributed by atoms with E-state index in [1.165, 1.54) is 23.9 Å². The summed E-state index contributed by atoms with van der Waals surface area (Å²) >= 11 is 1.50. The number of sulfonamides is 1. The van der Waals surface area contributed by atoms with Gasteiger partial charge in [0.25, 0.3) is 15.9 Å². The molecule has 4 rings (SSSR count). The van der Waals surface area contributed by atoms with Crippen LogP contribution >= 0.6 is 11.8 Å². The van der Waals surface area contributed by atoms with Crippen LogP contribution in [0.5, 0.6) is 5.75 Å². The average Bonchev–Trinajstić information content (AvgIpc) is 2.97. The molecule has 1 heterocycles. The number of benzene rings is 3. The number of ether oxygens (including phenoxy) is 2. The largest absolute Gasteiger partial charge is 0.494 e. The van der Waals surface area contributed by atoms with E-state index in [2.05, 4.69) is 5.32 Å². The van der Waals surface area contributed by atoms with Gasteiger partial charge in [-0.2, -0.15) is 0 Å². The summed E-state index contributed by atoms with van der Waals surface area (Å²) in [6.07, 6.45) is 1.90. The summed E-state index contributed by atoms with van der Waals surface area (Å²) in [7, 11) is -4.10. The molecule has 1 aliphatic rings. The molecule has 0 radical (unpaired) electrons. The normalized spacial score (nSPS) is 13.5. The van der Waals surface area contributed by atoms with Crippen molar-refractivity contribution in [2.24, 2.45) is 0 Å². The van der Waals surface area contributed by atoms with Crippen LogP contribution in [0.15, 0.2) is 82.6 Å². The molecule has 0 bridgehead atoms. The van der Waals surface area contributed by atoms with E-state index >= 15 is 0 Å². The molecule has 3 aromatic rings. The van der Waals surface area contributed by atoms with Crippen molar-refractivity contribution in [2.45, 2.75) is 16.7 Å². The molecule has 0 atom stereocenters. The summed E-state index contributed by atoms with van der Waals surface area (Å²) in [4.78, 5) is 29.1. The number of rotatable bonds is 10. The fourth-order valence-electron chi connectivity index (χ4n) is 4.10. The number of amides is 2. The van der Waals surface area contributed by atoms with Gasteiger partial charge in [0.2, 0.25) is 5.91 Å². The molecule has 1 aliphatic heterocycles. The van der Waals surface area contributed by atoms with Crippen molar-refractivity contribution in [1.82, 2.24) is 4.90 Å². The molecule has 39 heavy (non-hydrogen) atoms. The number of nitrogens with zero attached hydrogens (tertiary/aromatic N) is 2. The van der Waals surface area contributed by atoms with Gasteiger partial charge < -0.3 is 19.7 Å². The Labute approximate surface area is 233 Å². The standard InChI is InChI=1S/C28H31N3O6S2/c1-3-37-22-10-8-21(9-11-22)31(39(34,35)24-14-12-23(38-2)13-15-24)20-27(32)29-26-7-5-4-6-25(26)28(33)30-16-18-36-19-17-30/h4-15H,3,16-20H2,1-2H3,(H,29,32). The minimum Gasteiger partial charge on any atom is -0.494 e. The van der Waals surface area contributed by atoms with Crippen LogP contribution in [0.1, 0.15) is 17.3 Å². The molecule has 3 aromatic carbocycles. The maximum absolute atomic E-state index is 13.7. The molecule has 11 heteroatoms. The Kier molecular flexibility index (Phi) is 9.50. The van der Waals surface area contributed by atoms with Gasteiger partial charge in [-0.15, -0.1) is 11.8 Å². The number of morpholine rings is 1. The van der Waals surface area contributed by atoms with Gasteiger partial charge in [-0.3, -0.25) is 13.9 Å². The average molecular weight is 570 g/mol. The van der Waals surface area contributed by atoms with E-state index in [9.17, 15) is 18.0 Å². The Morgan fingerprint density at radius 1 is 1.00 bits per heavy atom. The van der Waals surface area contributed by atoms with Gasteiger partial charge >= 0.3 is 0 Å². The minimum atomic E-state index is -4.10. The van der Waals surface area contributed by atoms with Gasteiger partial charge in [-0.1, -0.05) is 12.1 Å². The van der Waals surface area contributed by atoms with Gasteiger partial charge in [0.05, 0.1) is 41.7 Å². The fraction of sp³-hybridized carbons (Fsp3) is 0.286. The van der Waals surface area contributed by atoms with Crippen LogP contribution in [-0.4, -0.2) is 70.8 Å². The van der Waals surface area contributed by atoms with Crippen LogP contribution in [0.4, 0.5) is 11.4 Å². The van der Waals surface area contributed by atoms with Crippen LogP contribution in [0.3, 0.4) is 0 Å². The second kappa shape index (κ2) is 13.0. The highest BCUT2D eigenvalue weighted by molar-refractivity contribution is 7.98. The lowest BCUT2D eigenvalue weighted by molar-refractivity contribution is -0.114. The van der Waals surface area contributed by atoms with Crippen LogP contribution in [0.25, 0.3) is 0 Å². The highest BCUT2D eigenvalue weighted by atomic mass is 32.2. The molecular weight excluding hydrogens is 538 g/mol. The Morgan fingerprint density at radius 3 is 2.31 bits per heavy atom. The molecule has 0 spiro atoms. The molecule has 0 aliphatic carbocycles. The van der Waals surface area contributed by atoms with E-state index < -0.39 is 22.5 Å². The number of nitrogens with one attached hydrogen (secondary N) is 1. The highest BCUT2D eigenvalue weighted by Gasteiger charge is 2.28. The lowest BCUT2D eigenvalue weighted by atomic mass is 10.1. The summed E-state index contributed by atoms with van der Waals surface area (Å²) in [6, 6.07) is 19.7. The van der Waals surface area contributed by atoms with Gasteiger partial charge in [-0.05, 0) is 73.8 Å². The molecule has 0 aromatic heterocycles. The van der Waals surface area contributed by atoms with Crippen molar-refractivity contribution in [1.29, 1.82) is 0 Å². The Morgan fingerprint density at radius 2 is 1.67 bits per heavy atom. The van der Waals surface area contributed by atoms with E-state index in [0.717, 1.165) is 9.20 Å². The number of hydrogen-bond acceptors (Lipinski definition) is 7.